The zero-order chi connectivity index (χ0) is 5.70. The molecule has 3 heteroatoms. The normalized spacial score (nSPS) is 14.1. The molecule has 44 valence electrons. The van der Waals surface area contributed by atoms with E-state index in [4.69, 9.17) is 3.44 Å². The van der Waals surface area contributed by atoms with Crippen LogP contribution < -0.4 is 0 Å². The van der Waals surface area contributed by atoms with Crippen molar-refractivity contribution in [2.75, 3.05) is 0 Å². The standard InChI is InChI=1S/C4H9.FH.H2O.Sn.H/c1-3-4-2;;;;/h1,3-4H2,2H3;1H;1H2;;/q;;;+2;/p-2. The van der Waals surface area contributed by atoms with Gasteiger partial charge in [-0.3, -0.25) is 0 Å². The Balaban J connectivity index is 2.68. The van der Waals surface area contributed by atoms with E-state index in [-0.39, 0.29) is 0 Å². The van der Waals surface area contributed by atoms with Crippen LogP contribution in [-0.4, -0.2) is 24.2 Å². The molecule has 0 spiro atoms. The van der Waals surface area contributed by atoms with Crippen molar-refractivity contribution in [3.63, 3.8) is 0 Å². The van der Waals surface area contributed by atoms with Gasteiger partial charge < -0.3 is 0 Å². The minimum absolute atomic E-state index is 0.498. The molecule has 1 unspecified atom stereocenters. The van der Waals surface area contributed by atoms with Crippen molar-refractivity contribution in [3.8, 4) is 0 Å². The molecule has 0 aliphatic rings. The third-order valence-electron chi connectivity index (χ3n) is 0.796. The predicted octanol–water partition coefficient (Wildman–Crippen LogP) is 0.969. The van der Waals surface area contributed by atoms with Gasteiger partial charge in [0, 0.05) is 0 Å². The Morgan fingerprint density at radius 2 is 2.29 bits per heavy atom. The average Bonchev–Trinajstić information content (AvgIpc) is 1.61. The van der Waals surface area contributed by atoms with E-state index in [0.717, 1.165) is 12.8 Å². The van der Waals surface area contributed by atoms with Crippen molar-refractivity contribution in [1.82, 2.24) is 0 Å². The van der Waals surface area contributed by atoms with Gasteiger partial charge in [0.1, 0.15) is 0 Å². The Bertz CT molecular complexity index is 40.7. The molecule has 1 atom stereocenters. The van der Waals surface area contributed by atoms with E-state index in [1.54, 1.807) is 0 Å². The van der Waals surface area contributed by atoms with Crippen LogP contribution in [0, 0.1) is 0 Å². The monoisotopic (exact) mass is 214 g/mol. The topological polar surface area (TPSA) is 20.2 Å². The summed E-state index contributed by atoms with van der Waals surface area (Å²) in [5, 5.41) is 0. The summed E-state index contributed by atoms with van der Waals surface area (Å²) in [6.07, 6.45) is 1.87. The molecule has 0 amide bonds. The van der Waals surface area contributed by atoms with Crippen molar-refractivity contribution in [2.24, 2.45) is 0 Å². The quantitative estimate of drug-likeness (QED) is 0.692. The fraction of sp³-hybridized carbons (Fsp3) is 1.00. The molecule has 1 nitrogen and oxygen atoms in total. The Morgan fingerprint density at radius 3 is 2.43 bits per heavy atom. The molecule has 7 heavy (non-hydrogen) atoms. The second-order valence-corrected chi connectivity index (χ2v) is 5.70. The zero-order valence-corrected chi connectivity index (χ0v) is 7.82. The summed E-state index contributed by atoms with van der Waals surface area (Å²) in [6, 6.07) is 0. The van der Waals surface area contributed by atoms with Gasteiger partial charge in [-0.25, -0.2) is 0 Å². The number of unbranched alkanes of at least 4 members (excludes halogenated alkanes) is 1. The third kappa shape index (κ3) is 6.69. The van der Waals surface area contributed by atoms with Gasteiger partial charge in [-0.1, -0.05) is 0 Å². The van der Waals surface area contributed by atoms with Crippen molar-refractivity contribution < 1.29 is 6.31 Å². The number of hydrogen-bond donors (Lipinski definition) is 1. The molecule has 0 bridgehead atoms. The summed E-state index contributed by atoms with van der Waals surface area (Å²) in [5.74, 6) is 0. The van der Waals surface area contributed by atoms with Crippen molar-refractivity contribution in [1.29, 1.82) is 0 Å². The predicted molar refractivity (Wildman–Crippen MR) is 30.2 cm³/mol. The SMILES string of the molecule is CCC[CH2][SnH]([OH])[F]. The molecule has 0 saturated carbocycles. The maximum absolute atomic E-state index is 11.7. The average molecular weight is 213 g/mol. The second-order valence-electron chi connectivity index (χ2n) is 1.58. The minimum atomic E-state index is -3.25. The van der Waals surface area contributed by atoms with E-state index in [0.29, 0.717) is 4.44 Å². The molecular weight excluding hydrogens is 202 g/mol. The van der Waals surface area contributed by atoms with Crippen LogP contribution in [0.4, 0.5) is 2.87 Å². The second kappa shape index (κ2) is 4.84. The molecular formula is C4H11FOSn. The first-order chi connectivity index (χ1) is 3.27. The van der Waals surface area contributed by atoms with Gasteiger partial charge in [0.25, 0.3) is 0 Å². The third-order valence-corrected chi connectivity index (χ3v) is 3.32. The molecule has 0 rings (SSSR count). The molecule has 0 radical (unpaired) electrons. The summed E-state index contributed by atoms with van der Waals surface area (Å²) in [6.45, 7) is 1.99. The van der Waals surface area contributed by atoms with Gasteiger partial charge in [0.2, 0.25) is 0 Å². The molecule has 0 heterocycles. The van der Waals surface area contributed by atoms with Crippen LogP contribution in [0.1, 0.15) is 19.8 Å². The molecule has 0 aromatic carbocycles. The van der Waals surface area contributed by atoms with E-state index in [2.05, 4.69) is 0 Å². The van der Waals surface area contributed by atoms with Crippen molar-refractivity contribution in [2.45, 2.75) is 24.2 Å². The maximum atomic E-state index is 11.7. The Labute approximate surface area is 51.6 Å². The first-order valence-corrected chi connectivity index (χ1v) is 7.64. The number of halogens is 1. The Kier molecular flexibility index (Phi) is 5.31. The van der Waals surface area contributed by atoms with Crippen LogP contribution in [0.15, 0.2) is 0 Å². The first kappa shape index (κ1) is 7.69. The Hall–Kier alpha value is 0.689. The van der Waals surface area contributed by atoms with Gasteiger partial charge in [0.05, 0.1) is 0 Å². The van der Waals surface area contributed by atoms with E-state index in [1.807, 2.05) is 6.92 Å². The summed E-state index contributed by atoms with van der Waals surface area (Å²) in [4.78, 5) is 0. The molecule has 1 N–H and O–H groups in total. The van der Waals surface area contributed by atoms with Gasteiger partial charge in [-0.15, -0.1) is 0 Å². The van der Waals surface area contributed by atoms with E-state index < -0.39 is 20.7 Å². The van der Waals surface area contributed by atoms with E-state index in [9.17, 15) is 2.87 Å². The van der Waals surface area contributed by atoms with Crippen LogP contribution in [-0.2, 0) is 0 Å². The molecule has 0 saturated heterocycles. The van der Waals surface area contributed by atoms with Crippen molar-refractivity contribution in [3.05, 3.63) is 0 Å². The van der Waals surface area contributed by atoms with Crippen LogP contribution in [0.25, 0.3) is 0 Å². The molecule has 0 aliphatic heterocycles. The van der Waals surface area contributed by atoms with Gasteiger partial charge >= 0.3 is 51.3 Å². The molecule has 0 aliphatic carbocycles. The summed E-state index contributed by atoms with van der Waals surface area (Å²) in [7, 11) is 0. The zero-order valence-electron chi connectivity index (χ0n) is 4.52. The van der Waals surface area contributed by atoms with E-state index in [1.165, 1.54) is 0 Å². The van der Waals surface area contributed by atoms with Gasteiger partial charge in [0.15, 0.2) is 0 Å². The molecule has 0 fully saturated rings. The van der Waals surface area contributed by atoms with Gasteiger partial charge in [-0.2, -0.15) is 0 Å². The molecule has 0 aromatic rings. The first-order valence-electron chi connectivity index (χ1n) is 2.59. The Morgan fingerprint density at radius 1 is 1.71 bits per heavy atom. The molecule has 0 aromatic heterocycles. The summed E-state index contributed by atoms with van der Waals surface area (Å²) < 4.78 is 20.4. The van der Waals surface area contributed by atoms with Crippen LogP contribution in [0.2, 0.25) is 4.44 Å². The number of hydrogen-bond acceptors (Lipinski definition) is 1. The van der Waals surface area contributed by atoms with Crippen LogP contribution >= 0.6 is 0 Å². The fourth-order valence-corrected chi connectivity index (χ4v) is 2.50. The van der Waals surface area contributed by atoms with Crippen molar-refractivity contribution >= 4 is 20.7 Å². The summed E-state index contributed by atoms with van der Waals surface area (Å²) in [5.41, 5.74) is 0. The van der Waals surface area contributed by atoms with Crippen LogP contribution in [0.5, 0.6) is 0 Å². The fourth-order valence-electron chi connectivity index (χ4n) is 0.373. The van der Waals surface area contributed by atoms with E-state index >= 15 is 0 Å². The number of rotatable bonds is 3. The summed E-state index contributed by atoms with van der Waals surface area (Å²) >= 11 is -3.25. The van der Waals surface area contributed by atoms with Crippen LogP contribution in [0.3, 0.4) is 0 Å². The van der Waals surface area contributed by atoms with Gasteiger partial charge in [-0.05, 0) is 0 Å².